The molecule has 0 amide bonds. The second-order valence-electron chi connectivity index (χ2n) is 1.60. The number of ether oxygens (including phenoxy) is 1. The molecular formula is C3H7NO. The molecule has 0 aliphatic carbocycles. The fraction of sp³-hybridized carbons (Fsp3) is 1.00. The molecule has 1 unspecified atom stereocenters. The third-order valence-corrected chi connectivity index (χ3v) is 0.600. The highest BCUT2D eigenvalue weighted by atomic mass is 16.6. The van der Waals surface area contributed by atoms with Gasteiger partial charge in [-0.1, -0.05) is 0 Å². The second kappa shape index (κ2) is 0.533. The predicted octanol–water partition coefficient (Wildman–Crippen LogP) is -0.308. The Morgan fingerprint density at radius 1 is 2.00 bits per heavy atom. The zero-order chi connectivity index (χ0) is 3.91. The van der Waals surface area contributed by atoms with E-state index in [0.717, 1.165) is 6.61 Å². The van der Waals surface area contributed by atoms with Crippen molar-refractivity contribution in [2.24, 2.45) is 5.73 Å². The first-order valence-electron chi connectivity index (χ1n) is 1.64. The molecule has 0 aromatic carbocycles. The molecule has 1 rings (SSSR count). The van der Waals surface area contributed by atoms with Crippen LogP contribution in [0.4, 0.5) is 0 Å². The second-order valence-corrected chi connectivity index (χ2v) is 1.60. The summed E-state index contributed by atoms with van der Waals surface area (Å²) in [5.74, 6) is 0. The van der Waals surface area contributed by atoms with Gasteiger partial charge in [-0.25, -0.2) is 0 Å². The van der Waals surface area contributed by atoms with Gasteiger partial charge in [0.05, 0.1) is 6.61 Å². The van der Waals surface area contributed by atoms with Gasteiger partial charge in [0, 0.05) is 0 Å². The van der Waals surface area contributed by atoms with E-state index in [1.165, 1.54) is 0 Å². The first-order chi connectivity index (χ1) is 2.21. The molecule has 5 heavy (non-hydrogen) atoms. The van der Waals surface area contributed by atoms with Gasteiger partial charge in [-0.15, -0.1) is 0 Å². The molecule has 1 aliphatic heterocycles. The molecule has 2 heteroatoms. The maximum atomic E-state index is 5.24. The molecule has 0 aromatic rings. The highest BCUT2D eigenvalue weighted by Gasteiger charge is 2.33. The van der Waals surface area contributed by atoms with Crippen LogP contribution in [0.25, 0.3) is 0 Å². The zero-order valence-corrected chi connectivity index (χ0v) is 3.19. The summed E-state index contributed by atoms with van der Waals surface area (Å²) in [5.41, 5.74) is 4.99. The van der Waals surface area contributed by atoms with Gasteiger partial charge < -0.3 is 10.5 Å². The Morgan fingerprint density at radius 2 is 2.20 bits per heavy atom. The van der Waals surface area contributed by atoms with Gasteiger partial charge in [0.1, 0.15) is 5.72 Å². The summed E-state index contributed by atoms with van der Waals surface area (Å²) >= 11 is 0. The number of nitrogens with two attached hydrogens (primary N) is 1. The van der Waals surface area contributed by atoms with Gasteiger partial charge in [-0.05, 0) is 6.92 Å². The molecule has 0 bridgehead atoms. The average Bonchev–Trinajstić information content (AvgIpc) is 1.76. The van der Waals surface area contributed by atoms with Crippen LogP contribution in [-0.2, 0) is 4.74 Å². The van der Waals surface area contributed by atoms with E-state index in [1.807, 2.05) is 6.92 Å². The largest absolute Gasteiger partial charge is 0.354 e. The standard InChI is InChI=1S/C3H7NO/c1-3(4)2-5-3/h2,4H2,1H3. The summed E-state index contributed by atoms with van der Waals surface area (Å²) in [6.07, 6.45) is 0. The lowest BCUT2D eigenvalue weighted by Crippen LogP contribution is -2.17. The molecule has 1 saturated heterocycles. The van der Waals surface area contributed by atoms with E-state index in [4.69, 9.17) is 5.73 Å². The third-order valence-electron chi connectivity index (χ3n) is 0.600. The molecule has 0 spiro atoms. The fourth-order valence-corrected chi connectivity index (χ4v) is 0.114. The van der Waals surface area contributed by atoms with E-state index >= 15 is 0 Å². The summed E-state index contributed by atoms with van der Waals surface area (Å²) in [4.78, 5) is 0. The molecule has 1 heterocycles. The Kier molecular flexibility index (Phi) is 0.333. The van der Waals surface area contributed by atoms with Crippen molar-refractivity contribution in [1.82, 2.24) is 0 Å². The first-order valence-corrected chi connectivity index (χ1v) is 1.64. The van der Waals surface area contributed by atoms with Crippen molar-refractivity contribution in [1.29, 1.82) is 0 Å². The third kappa shape index (κ3) is 0.597. The highest BCUT2D eigenvalue weighted by Crippen LogP contribution is 2.16. The van der Waals surface area contributed by atoms with Crippen molar-refractivity contribution in [3.05, 3.63) is 0 Å². The number of rotatable bonds is 0. The van der Waals surface area contributed by atoms with E-state index in [9.17, 15) is 0 Å². The first kappa shape index (κ1) is 3.12. The molecular weight excluding hydrogens is 66.0 g/mol. The van der Waals surface area contributed by atoms with E-state index in [2.05, 4.69) is 4.74 Å². The smallest absolute Gasteiger partial charge is 0.137 e. The number of epoxide rings is 1. The molecule has 2 N–H and O–H groups in total. The van der Waals surface area contributed by atoms with Crippen LogP contribution in [0, 0.1) is 0 Å². The average molecular weight is 73.1 g/mol. The van der Waals surface area contributed by atoms with Crippen molar-refractivity contribution < 1.29 is 4.74 Å². The van der Waals surface area contributed by atoms with E-state index in [1.54, 1.807) is 0 Å². The van der Waals surface area contributed by atoms with Crippen LogP contribution in [0.5, 0.6) is 0 Å². The molecule has 1 aliphatic rings. The Labute approximate surface area is 30.9 Å². The lowest BCUT2D eigenvalue weighted by atomic mass is 10.4. The Morgan fingerprint density at radius 3 is 2.20 bits per heavy atom. The minimum absolute atomic E-state index is 0.250. The Hall–Kier alpha value is -0.0800. The van der Waals surface area contributed by atoms with Gasteiger partial charge >= 0.3 is 0 Å². The Balaban J connectivity index is 2.38. The van der Waals surface area contributed by atoms with Gasteiger partial charge in [-0.3, -0.25) is 0 Å². The van der Waals surface area contributed by atoms with Crippen molar-refractivity contribution in [2.45, 2.75) is 12.6 Å². The van der Waals surface area contributed by atoms with Crippen LogP contribution in [-0.4, -0.2) is 12.3 Å². The van der Waals surface area contributed by atoms with E-state index in [0.29, 0.717) is 0 Å². The van der Waals surface area contributed by atoms with Crippen LogP contribution < -0.4 is 5.73 Å². The normalized spacial score (nSPS) is 49.2. The molecule has 0 radical (unpaired) electrons. The van der Waals surface area contributed by atoms with Gasteiger partial charge in [-0.2, -0.15) is 0 Å². The van der Waals surface area contributed by atoms with Crippen molar-refractivity contribution in [3.8, 4) is 0 Å². The number of hydrogen-bond donors (Lipinski definition) is 1. The maximum absolute atomic E-state index is 5.24. The van der Waals surface area contributed by atoms with Gasteiger partial charge in [0.2, 0.25) is 0 Å². The number of hydrogen-bond acceptors (Lipinski definition) is 2. The van der Waals surface area contributed by atoms with Crippen LogP contribution in [0.15, 0.2) is 0 Å². The van der Waals surface area contributed by atoms with E-state index < -0.39 is 0 Å². The summed E-state index contributed by atoms with van der Waals surface area (Å²) in [5, 5.41) is 0. The molecule has 0 saturated carbocycles. The van der Waals surface area contributed by atoms with Crippen LogP contribution >= 0.6 is 0 Å². The SMILES string of the molecule is CC1(N)CO1. The highest BCUT2D eigenvalue weighted by molar-refractivity contribution is 4.77. The fourth-order valence-electron chi connectivity index (χ4n) is 0.114. The summed E-state index contributed by atoms with van der Waals surface area (Å²) in [6.45, 7) is 2.58. The monoisotopic (exact) mass is 73.1 g/mol. The molecule has 1 atom stereocenters. The van der Waals surface area contributed by atoms with Gasteiger partial charge in [0.15, 0.2) is 0 Å². The Bertz CT molecular complexity index is 44.9. The summed E-state index contributed by atoms with van der Waals surface area (Å²) < 4.78 is 4.67. The van der Waals surface area contributed by atoms with Crippen molar-refractivity contribution >= 4 is 0 Å². The minimum atomic E-state index is -0.250. The summed E-state index contributed by atoms with van der Waals surface area (Å²) in [6, 6.07) is 0. The van der Waals surface area contributed by atoms with Crippen molar-refractivity contribution in [2.75, 3.05) is 6.61 Å². The maximum Gasteiger partial charge on any atom is 0.137 e. The molecule has 2 nitrogen and oxygen atoms in total. The topological polar surface area (TPSA) is 38.5 Å². The quantitative estimate of drug-likeness (QED) is 0.399. The van der Waals surface area contributed by atoms with Crippen LogP contribution in [0.1, 0.15) is 6.92 Å². The van der Waals surface area contributed by atoms with E-state index in [-0.39, 0.29) is 5.72 Å². The van der Waals surface area contributed by atoms with Gasteiger partial charge in [0.25, 0.3) is 0 Å². The lowest BCUT2D eigenvalue weighted by molar-refractivity contribution is 0.331. The minimum Gasteiger partial charge on any atom is -0.354 e. The zero-order valence-electron chi connectivity index (χ0n) is 3.19. The lowest BCUT2D eigenvalue weighted by Gasteiger charge is -1.83. The van der Waals surface area contributed by atoms with Crippen molar-refractivity contribution in [3.63, 3.8) is 0 Å². The van der Waals surface area contributed by atoms with Crippen LogP contribution in [0.3, 0.4) is 0 Å². The molecule has 30 valence electrons. The predicted molar refractivity (Wildman–Crippen MR) is 18.5 cm³/mol. The van der Waals surface area contributed by atoms with Crippen LogP contribution in [0.2, 0.25) is 0 Å². The molecule has 0 aromatic heterocycles. The molecule has 1 fully saturated rings. The summed E-state index contributed by atoms with van der Waals surface area (Å²) in [7, 11) is 0.